The van der Waals surface area contributed by atoms with Crippen molar-refractivity contribution in [3.8, 4) is 5.82 Å². The van der Waals surface area contributed by atoms with E-state index in [1.165, 1.54) is 0 Å². The van der Waals surface area contributed by atoms with Crippen molar-refractivity contribution in [2.24, 2.45) is 0 Å². The van der Waals surface area contributed by atoms with Crippen LogP contribution < -0.4 is 0 Å². The molecule has 0 bridgehead atoms. The maximum absolute atomic E-state index is 13.0. The monoisotopic (exact) mass is 331 g/mol. The molecule has 2 heterocycles. The predicted octanol–water partition coefficient (Wildman–Crippen LogP) is 1.17. The summed E-state index contributed by atoms with van der Waals surface area (Å²) >= 11 is 2.88. The summed E-state index contributed by atoms with van der Waals surface area (Å²) in [6.45, 7) is 0. The van der Waals surface area contributed by atoms with Crippen LogP contribution in [0, 0.1) is 15.9 Å². The first-order chi connectivity index (χ1) is 8.90. The van der Waals surface area contributed by atoms with Crippen LogP contribution in [-0.4, -0.2) is 35.7 Å². The number of carbonyl (C=O) groups is 1. The van der Waals surface area contributed by atoms with Crippen molar-refractivity contribution in [3.63, 3.8) is 0 Å². The summed E-state index contributed by atoms with van der Waals surface area (Å²) < 4.78 is 13.6. The van der Waals surface area contributed by atoms with Gasteiger partial charge in [-0.05, 0) is 16.0 Å². The Bertz CT molecular complexity index is 688. The number of nitrogens with zero attached hydrogens (tertiary/aromatic N) is 5. The number of carboxylic acid groups (broad SMARTS) is 1. The number of pyridine rings is 1. The number of carboxylic acids is 1. The van der Waals surface area contributed by atoms with Gasteiger partial charge in [0.1, 0.15) is 11.4 Å². The van der Waals surface area contributed by atoms with E-state index in [1.807, 2.05) is 0 Å². The Hall–Kier alpha value is -2.43. The van der Waals surface area contributed by atoms with Crippen molar-refractivity contribution in [1.29, 1.82) is 0 Å². The lowest BCUT2D eigenvalue weighted by molar-refractivity contribution is -0.394. The number of aromatic nitrogens is 4. The van der Waals surface area contributed by atoms with Crippen molar-refractivity contribution in [2.45, 2.75) is 0 Å². The predicted molar refractivity (Wildman–Crippen MR) is 60.4 cm³/mol. The molecule has 0 saturated heterocycles. The molecule has 0 radical (unpaired) electrons. The number of rotatable bonds is 3. The quantitative estimate of drug-likeness (QED) is 0.661. The molecule has 2 aromatic heterocycles. The molecule has 0 saturated carbocycles. The van der Waals surface area contributed by atoms with Gasteiger partial charge in [-0.1, -0.05) is 0 Å². The summed E-state index contributed by atoms with van der Waals surface area (Å²) in [6.07, 6.45) is 0.766. The highest BCUT2D eigenvalue weighted by atomic mass is 79.9. The minimum absolute atomic E-state index is 0.124. The van der Waals surface area contributed by atoms with E-state index in [9.17, 15) is 19.3 Å². The molecule has 0 spiro atoms. The third kappa shape index (κ3) is 2.40. The summed E-state index contributed by atoms with van der Waals surface area (Å²) in [5.41, 5.74) is -0.500. The maximum Gasteiger partial charge on any atom is 0.492 e. The average Bonchev–Trinajstić information content (AvgIpc) is 2.71. The van der Waals surface area contributed by atoms with Gasteiger partial charge in [-0.15, -0.1) is 4.68 Å². The Morgan fingerprint density at radius 2 is 2.26 bits per heavy atom. The minimum atomic E-state index is -1.45. The van der Waals surface area contributed by atoms with Gasteiger partial charge in [0.15, 0.2) is 5.82 Å². The summed E-state index contributed by atoms with van der Waals surface area (Å²) in [4.78, 5) is 27.7. The molecule has 11 heteroatoms. The van der Waals surface area contributed by atoms with Crippen LogP contribution in [0.3, 0.4) is 0 Å². The summed E-state index contributed by atoms with van der Waals surface area (Å²) in [6, 6.07) is 0.727. The van der Waals surface area contributed by atoms with E-state index in [2.05, 4.69) is 31.0 Å². The van der Waals surface area contributed by atoms with Gasteiger partial charge < -0.3 is 15.2 Å². The molecule has 19 heavy (non-hydrogen) atoms. The second-order valence-electron chi connectivity index (χ2n) is 3.18. The van der Waals surface area contributed by atoms with E-state index >= 15 is 0 Å². The summed E-state index contributed by atoms with van der Waals surface area (Å²) in [7, 11) is 0. The molecule has 2 rings (SSSR count). The van der Waals surface area contributed by atoms with E-state index in [0.717, 1.165) is 16.9 Å². The third-order valence-corrected chi connectivity index (χ3v) is 2.50. The molecular weight excluding hydrogens is 329 g/mol. The molecule has 0 aliphatic rings. The zero-order valence-corrected chi connectivity index (χ0v) is 10.4. The van der Waals surface area contributed by atoms with Gasteiger partial charge in [-0.3, -0.25) is 0 Å². The van der Waals surface area contributed by atoms with Crippen LogP contribution in [0.5, 0.6) is 0 Å². The molecule has 0 amide bonds. The minimum Gasteiger partial charge on any atom is -0.478 e. The standard InChI is InChI=1S/C8H3BrFN5O4/c9-7-12-8(15(18)19)13-14(7)5-4(6(16)17)1-3(10)2-11-5/h1-2H,(H,16,17). The molecule has 0 fully saturated rings. The van der Waals surface area contributed by atoms with Crippen molar-refractivity contribution in [1.82, 2.24) is 19.7 Å². The zero-order valence-electron chi connectivity index (χ0n) is 8.82. The fraction of sp³-hybridized carbons (Fsp3) is 0. The second-order valence-corrected chi connectivity index (χ2v) is 3.89. The van der Waals surface area contributed by atoms with E-state index in [-0.39, 0.29) is 10.6 Å². The lowest BCUT2D eigenvalue weighted by Gasteiger charge is -2.01. The number of hydrogen-bond donors (Lipinski definition) is 1. The topological polar surface area (TPSA) is 124 Å². The smallest absolute Gasteiger partial charge is 0.478 e. The molecule has 0 unspecified atom stereocenters. The molecular formula is C8H3BrFN5O4. The highest BCUT2D eigenvalue weighted by Crippen LogP contribution is 2.19. The molecule has 0 atom stereocenters. The van der Waals surface area contributed by atoms with E-state index in [0.29, 0.717) is 0 Å². The Kier molecular flexibility index (Phi) is 3.21. The summed E-state index contributed by atoms with van der Waals surface area (Å²) in [5, 5.41) is 22.9. The van der Waals surface area contributed by atoms with E-state index in [1.54, 1.807) is 0 Å². The van der Waals surface area contributed by atoms with Crippen LogP contribution in [0.25, 0.3) is 5.82 Å². The van der Waals surface area contributed by atoms with Crippen molar-refractivity contribution in [2.75, 3.05) is 0 Å². The van der Waals surface area contributed by atoms with Gasteiger partial charge in [-0.25, -0.2) is 14.2 Å². The average molecular weight is 332 g/mol. The highest BCUT2D eigenvalue weighted by molar-refractivity contribution is 9.10. The van der Waals surface area contributed by atoms with E-state index in [4.69, 9.17) is 5.11 Å². The molecule has 2 aromatic rings. The van der Waals surface area contributed by atoms with Gasteiger partial charge in [0.05, 0.1) is 6.20 Å². The Labute approximate surface area is 112 Å². The third-order valence-electron chi connectivity index (χ3n) is 1.98. The number of halogens is 2. The van der Waals surface area contributed by atoms with Gasteiger partial charge in [-0.2, -0.15) is 0 Å². The first-order valence-electron chi connectivity index (χ1n) is 4.56. The Balaban J connectivity index is 2.65. The van der Waals surface area contributed by atoms with Crippen molar-refractivity contribution < 1.29 is 19.2 Å². The fourth-order valence-electron chi connectivity index (χ4n) is 1.25. The van der Waals surface area contributed by atoms with Crippen LogP contribution in [0.15, 0.2) is 17.0 Å². The lowest BCUT2D eigenvalue weighted by Crippen LogP contribution is -2.10. The lowest BCUT2D eigenvalue weighted by atomic mass is 10.2. The Morgan fingerprint density at radius 3 is 2.79 bits per heavy atom. The number of aromatic carboxylic acids is 1. The van der Waals surface area contributed by atoms with Crippen LogP contribution >= 0.6 is 15.9 Å². The molecule has 1 N–H and O–H groups in total. The molecule has 0 aromatic carbocycles. The fourth-order valence-corrected chi connectivity index (χ4v) is 1.66. The maximum atomic E-state index is 13.0. The normalized spacial score (nSPS) is 10.4. The van der Waals surface area contributed by atoms with Gasteiger partial charge in [0, 0.05) is 21.0 Å². The summed E-state index contributed by atoms with van der Waals surface area (Å²) in [5.74, 6) is -3.34. The zero-order chi connectivity index (χ0) is 14.2. The number of hydrogen-bond acceptors (Lipinski definition) is 6. The molecule has 9 nitrogen and oxygen atoms in total. The SMILES string of the molecule is O=C(O)c1cc(F)cnc1-n1nc([N+](=O)[O-])nc1Br. The highest BCUT2D eigenvalue weighted by Gasteiger charge is 2.25. The Morgan fingerprint density at radius 1 is 1.58 bits per heavy atom. The first kappa shape index (κ1) is 13.0. The van der Waals surface area contributed by atoms with Crippen LogP contribution in [0.4, 0.5) is 10.3 Å². The second kappa shape index (κ2) is 4.68. The van der Waals surface area contributed by atoms with Crippen molar-refractivity contribution in [3.05, 3.63) is 38.5 Å². The van der Waals surface area contributed by atoms with Crippen LogP contribution in [0.2, 0.25) is 0 Å². The van der Waals surface area contributed by atoms with Gasteiger partial charge >= 0.3 is 11.9 Å². The first-order valence-corrected chi connectivity index (χ1v) is 5.35. The number of nitro groups is 1. The van der Waals surface area contributed by atoms with Crippen LogP contribution in [-0.2, 0) is 0 Å². The molecule has 0 aliphatic heterocycles. The van der Waals surface area contributed by atoms with Gasteiger partial charge in [0.2, 0.25) is 0 Å². The van der Waals surface area contributed by atoms with Gasteiger partial charge in [0.25, 0.3) is 4.73 Å². The van der Waals surface area contributed by atoms with Crippen molar-refractivity contribution >= 4 is 27.8 Å². The largest absolute Gasteiger partial charge is 0.492 e. The van der Waals surface area contributed by atoms with Crippen LogP contribution in [0.1, 0.15) is 10.4 Å². The van der Waals surface area contributed by atoms with E-state index < -0.39 is 28.2 Å². The molecule has 0 aliphatic carbocycles. The molecule has 98 valence electrons.